The number of nitrogens with two attached hydrogens (primary N) is 1. The maximum atomic E-state index is 12.4. The number of hydrogen-bond acceptors (Lipinski definition) is 3. The van der Waals surface area contributed by atoms with E-state index in [4.69, 9.17) is 33.9 Å². The molecule has 3 N–H and O–H groups in total. The van der Waals surface area contributed by atoms with Crippen LogP contribution in [0.15, 0.2) is 100 Å². The van der Waals surface area contributed by atoms with Crippen molar-refractivity contribution < 1.29 is 8.42 Å². The largest absolute Gasteiger partial charge is 0.369 e. The molecule has 35 heavy (non-hydrogen) atoms. The van der Waals surface area contributed by atoms with E-state index < -0.39 is 10.0 Å². The normalized spacial score (nSPS) is 11.5. The van der Waals surface area contributed by atoms with Gasteiger partial charge in [0.1, 0.15) is 0 Å². The number of rotatable bonds is 6. The molecule has 0 atom stereocenters. The topological polar surface area (TPSA) is 97.4 Å². The van der Waals surface area contributed by atoms with Gasteiger partial charge in [-0.15, -0.1) is 16.8 Å². The van der Waals surface area contributed by atoms with E-state index in [1.54, 1.807) is 30.3 Å². The Balaban J connectivity index is 0.00000342. The van der Waals surface area contributed by atoms with Gasteiger partial charge in [0.15, 0.2) is 0 Å². The molecule has 6 nitrogen and oxygen atoms in total. The van der Waals surface area contributed by atoms with Gasteiger partial charge in [-0.05, 0) is 48.0 Å². The fraction of sp³-hybridized carbons (Fsp3) is 0.0400. The summed E-state index contributed by atoms with van der Waals surface area (Å²) >= 11 is 12.1. The van der Waals surface area contributed by atoms with Crippen LogP contribution in [0.3, 0.4) is 0 Å². The van der Waals surface area contributed by atoms with Crippen LogP contribution >= 0.6 is 35.6 Å². The third-order valence-electron chi connectivity index (χ3n) is 4.94. The van der Waals surface area contributed by atoms with Crippen LogP contribution in [0.5, 0.6) is 0 Å². The van der Waals surface area contributed by atoms with E-state index in [0.717, 1.165) is 22.4 Å². The van der Waals surface area contributed by atoms with E-state index in [1.807, 2.05) is 48.5 Å². The maximum Gasteiger partial charge on any atom is 0.285 e. The Labute approximate surface area is 220 Å². The first-order valence-corrected chi connectivity index (χ1v) is 12.4. The predicted molar refractivity (Wildman–Crippen MR) is 144 cm³/mol. The molecule has 0 radical (unpaired) electrons. The minimum absolute atomic E-state index is 0. The van der Waals surface area contributed by atoms with Crippen molar-refractivity contribution in [3.05, 3.63) is 107 Å². The standard InChI is InChI=1S/C25H20Cl2N4O2S.ClH/c26-19-10-6-17(7-11-19)23-15-14-21(30-24(23)18-8-12-20(27)13-9-18)16-29-25(28)31-34(32,33)22-4-2-1-3-5-22;/h1-15H,16H2,(H3,28,29,31);1H. The highest BCUT2D eigenvalue weighted by Crippen LogP contribution is 2.32. The number of aromatic nitrogens is 1. The molecule has 0 amide bonds. The van der Waals surface area contributed by atoms with Gasteiger partial charge in [-0.1, -0.05) is 71.7 Å². The zero-order valence-electron chi connectivity index (χ0n) is 18.2. The number of hydrogen-bond donors (Lipinski definition) is 2. The minimum atomic E-state index is -3.91. The molecule has 1 aromatic heterocycles. The monoisotopic (exact) mass is 546 g/mol. The SMILES string of the molecule is Cl.N/C(=N\S(=O)(=O)c1ccccc1)NCc1ccc(-c2ccc(Cl)cc2)c(-c2ccc(Cl)cc2)n1. The van der Waals surface area contributed by atoms with Crippen molar-refractivity contribution in [3.8, 4) is 22.4 Å². The van der Waals surface area contributed by atoms with E-state index in [-0.39, 0.29) is 29.8 Å². The quantitative estimate of drug-likeness (QED) is 0.230. The lowest BCUT2D eigenvalue weighted by Gasteiger charge is -2.13. The third-order valence-corrected chi connectivity index (χ3v) is 6.74. The van der Waals surface area contributed by atoms with Crippen LogP contribution < -0.4 is 11.1 Å². The first kappa shape index (κ1) is 26.5. The molecule has 0 aliphatic carbocycles. The zero-order valence-corrected chi connectivity index (χ0v) is 21.4. The minimum Gasteiger partial charge on any atom is -0.369 e. The molecule has 0 fully saturated rings. The lowest BCUT2D eigenvalue weighted by atomic mass is 9.99. The van der Waals surface area contributed by atoms with Crippen LogP contribution in [-0.2, 0) is 16.6 Å². The Kier molecular flexibility index (Phi) is 8.75. The van der Waals surface area contributed by atoms with E-state index in [9.17, 15) is 8.42 Å². The maximum absolute atomic E-state index is 12.4. The predicted octanol–water partition coefficient (Wildman–Crippen LogP) is 5.94. The molecule has 4 aromatic rings. The molecule has 180 valence electrons. The van der Waals surface area contributed by atoms with Crippen molar-refractivity contribution in [3.63, 3.8) is 0 Å². The Hall–Kier alpha value is -3.10. The average molecular weight is 548 g/mol. The summed E-state index contributed by atoms with van der Waals surface area (Å²) in [6.07, 6.45) is 0. The molecule has 1 heterocycles. The van der Waals surface area contributed by atoms with Crippen LogP contribution in [0.4, 0.5) is 0 Å². The highest BCUT2D eigenvalue weighted by molar-refractivity contribution is 7.90. The van der Waals surface area contributed by atoms with Gasteiger partial charge in [0.25, 0.3) is 10.0 Å². The fourth-order valence-corrected chi connectivity index (χ4v) is 4.46. The molecular weight excluding hydrogens is 527 g/mol. The molecule has 0 saturated carbocycles. The Morgan fingerprint density at radius 2 is 1.40 bits per heavy atom. The van der Waals surface area contributed by atoms with Gasteiger partial charge in [-0.25, -0.2) is 0 Å². The van der Waals surface area contributed by atoms with Crippen LogP contribution in [0, 0.1) is 0 Å². The van der Waals surface area contributed by atoms with Crippen LogP contribution in [0.25, 0.3) is 22.4 Å². The first-order valence-electron chi connectivity index (χ1n) is 10.2. The highest BCUT2D eigenvalue weighted by Gasteiger charge is 2.14. The van der Waals surface area contributed by atoms with Gasteiger partial charge in [0, 0.05) is 21.2 Å². The Morgan fingerprint density at radius 3 is 2.00 bits per heavy atom. The molecule has 0 unspecified atom stereocenters. The third kappa shape index (κ3) is 6.74. The second kappa shape index (κ2) is 11.6. The molecule has 0 saturated heterocycles. The van der Waals surface area contributed by atoms with Crippen molar-refractivity contribution in [2.45, 2.75) is 11.4 Å². The van der Waals surface area contributed by atoms with Crippen LogP contribution in [0.1, 0.15) is 5.69 Å². The summed E-state index contributed by atoms with van der Waals surface area (Å²) in [4.78, 5) is 4.86. The van der Waals surface area contributed by atoms with Gasteiger partial charge in [0.2, 0.25) is 5.96 Å². The highest BCUT2D eigenvalue weighted by atomic mass is 35.5. The number of sulfonamides is 1. The van der Waals surface area contributed by atoms with Gasteiger partial charge in [-0.2, -0.15) is 8.42 Å². The molecule has 0 aliphatic rings. The van der Waals surface area contributed by atoms with E-state index in [2.05, 4.69) is 9.71 Å². The lowest BCUT2D eigenvalue weighted by Crippen LogP contribution is -2.32. The van der Waals surface area contributed by atoms with Gasteiger partial charge in [-0.3, -0.25) is 4.98 Å². The van der Waals surface area contributed by atoms with E-state index >= 15 is 0 Å². The zero-order chi connectivity index (χ0) is 24.1. The summed E-state index contributed by atoms with van der Waals surface area (Å²) in [6, 6.07) is 26.6. The summed E-state index contributed by atoms with van der Waals surface area (Å²) < 4.78 is 28.5. The molecule has 4 rings (SSSR count). The van der Waals surface area contributed by atoms with Gasteiger partial charge in [0.05, 0.1) is 22.8 Å². The number of benzene rings is 3. The van der Waals surface area contributed by atoms with Gasteiger partial charge < -0.3 is 11.1 Å². The number of nitrogens with one attached hydrogen (secondary N) is 1. The molecule has 0 aliphatic heterocycles. The van der Waals surface area contributed by atoms with Crippen LogP contribution in [-0.4, -0.2) is 19.4 Å². The lowest BCUT2D eigenvalue weighted by molar-refractivity contribution is 0.597. The summed E-state index contributed by atoms with van der Waals surface area (Å²) in [6.45, 7) is 0.182. The van der Waals surface area contributed by atoms with E-state index in [1.165, 1.54) is 12.1 Å². The van der Waals surface area contributed by atoms with Crippen molar-refractivity contribution in [2.75, 3.05) is 0 Å². The Bertz CT molecular complexity index is 1430. The molecular formula is C25H21Cl3N4O2S. The van der Waals surface area contributed by atoms with Crippen molar-refractivity contribution >= 4 is 51.6 Å². The molecule has 0 spiro atoms. The second-order valence-corrected chi connectivity index (χ2v) is 9.81. The number of nitrogens with zero attached hydrogens (tertiary/aromatic N) is 2. The molecule has 10 heteroatoms. The van der Waals surface area contributed by atoms with E-state index in [0.29, 0.717) is 15.7 Å². The number of guanidine groups is 1. The first-order chi connectivity index (χ1) is 16.3. The smallest absolute Gasteiger partial charge is 0.285 e. The number of halogens is 3. The van der Waals surface area contributed by atoms with Gasteiger partial charge >= 0.3 is 0 Å². The number of pyridine rings is 1. The second-order valence-electron chi connectivity index (χ2n) is 7.33. The Morgan fingerprint density at radius 1 is 0.829 bits per heavy atom. The average Bonchev–Trinajstić information content (AvgIpc) is 2.84. The van der Waals surface area contributed by atoms with Crippen molar-refractivity contribution in [2.24, 2.45) is 10.1 Å². The van der Waals surface area contributed by atoms with Crippen LogP contribution in [0.2, 0.25) is 10.0 Å². The summed E-state index contributed by atoms with van der Waals surface area (Å²) in [5, 5.41) is 4.09. The van der Waals surface area contributed by atoms with Crippen molar-refractivity contribution in [1.82, 2.24) is 10.3 Å². The van der Waals surface area contributed by atoms with Crippen molar-refractivity contribution in [1.29, 1.82) is 0 Å². The summed E-state index contributed by atoms with van der Waals surface area (Å²) in [5.41, 5.74) is 9.99. The summed E-state index contributed by atoms with van der Waals surface area (Å²) in [7, 11) is -3.91. The molecule has 3 aromatic carbocycles. The summed E-state index contributed by atoms with van der Waals surface area (Å²) in [5.74, 6) is -0.222. The molecule has 0 bridgehead atoms. The fourth-order valence-electron chi connectivity index (χ4n) is 3.28.